The van der Waals surface area contributed by atoms with Crippen molar-refractivity contribution in [3.63, 3.8) is 0 Å². The van der Waals surface area contributed by atoms with Crippen molar-refractivity contribution >= 4 is 22.7 Å². The van der Waals surface area contributed by atoms with E-state index in [2.05, 4.69) is 40.6 Å². The molecular formula is C23H21N3O2. The molecule has 2 atom stereocenters. The number of hydrogen-bond donors (Lipinski definition) is 2. The minimum Gasteiger partial charge on any atom is -0.356 e. The molecule has 1 fully saturated rings. The number of para-hydroxylation sites is 1. The first-order valence-electron chi connectivity index (χ1n) is 10.0. The number of carbonyl (C=O) groups is 2. The summed E-state index contributed by atoms with van der Waals surface area (Å²) in [6, 6.07) is 14.1. The fourth-order valence-electron chi connectivity index (χ4n) is 5.28. The molecule has 3 heterocycles. The van der Waals surface area contributed by atoms with Gasteiger partial charge in [0.2, 0.25) is 11.8 Å². The van der Waals surface area contributed by atoms with Crippen LogP contribution in [0.25, 0.3) is 10.9 Å². The number of fused-ring (bicyclic) bond motifs is 5. The number of aromatic amines is 1. The summed E-state index contributed by atoms with van der Waals surface area (Å²) in [5, 5.41) is 3.92. The summed E-state index contributed by atoms with van der Waals surface area (Å²) < 4.78 is 0. The highest BCUT2D eigenvalue weighted by molar-refractivity contribution is 5.97. The zero-order chi connectivity index (χ0) is 18.8. The zero-order valence-corrected chi connectivity index (χ0v) is 15.5. The Morgan fingerprint density at radius 3 is 2.79 bits per heavy atom. The number of carbonyl (C=O) groups excluding carboxylic acids is 2. The molecule has 1 aliphatic carbocycles. The van der Waals surface area contributed by atoms with Gasteiger partial charge in [-0.05, 0) is 47.6 Å². The summed E-state index contributed by atoms with van der Waals surface area (Å²) in [4.78, 5) is 31.0. The molecule has 0 radical (unpaired) electrons. The Bertz CT molecular complexity index is 1150. The molecule has 3 aliphatic rings. The molecule has 2 aliphatic heterocycles. The summed E-state index contributed by atoms with van der Waals surface area (Å²) in [6.45, 7) is 0.0757. The van der Waals surface area contributed by atoms with E-state index in [4.69, 9.17) is 0 Å². The summed E-state index contributed by atoms with van der Waals surface area (Å²) in [5.41, 5.74) is 7.17. The molecule has 2 amide bonds. The van der Waals surface area contributed by atoms with E-state index in [0.29, 0.717) is 6.42 Å². The van der Waals surface area contributed by atoms with Crippen LogP contribution in [0.3, 0.4) is 0 Å². The topological polar surface area (TPSA) is 65.2 Å². The Labute approximate surface area is 162 Å². The number of nitrogens with zero attached hydrogens (tertiary/aromatic N) is 1. The van der Waals surface area contributed by atoms with E-state index in [1.165, 1.54) is 17.5 Å². The van der Waals surface area contributed by atoms with Crippen LogP contribution >= 0.6 is 0 Å². The van der Waals surface area contributed by atoms with E-state index in [1.807, 2.05) is 17.0 Å². The predicted molar refractivity (Wildman–Crippen MR) is 106 cm³/mol. The first-order valence-corrected chi connectivity index (χ1v) is 10.0. The Morgan fingerprint density at radius 1 is 1.00 bits per heavy atom. The van der Waals surface area contributed by atoms with Gasteiger partial charge in [0.1, 0.15) is 6.04 Å². The number of piperazine rings is 1. The summed E-state index contributed by atoms with van der Waals surface area (Å²) >= 11 is 0. The number of benzene rings is 2. The zero-order valence-electron chi connectivity index (χ0n) is 15.5. The first kappa shape index (κ1) is 15.9. The molecule has 0 unspecified atom stereocenters. The van der Waals surface area contributed by atoms with Gasteiger partial charge in [-0.25, -0.2) is 0 Å². The van der Waals surface area contributed by atoms with Gasteiger partial charge in [-0.1, -0.05) is 36.4 Å². The second-order valence-electron chi connectivity index (χ2n) is 8.09. The number of H-pyrrole nitrogens is 1. The molecule has 3 aromatic rings. The van der Waals surface area contributed by atoms with Gasteiger partial charge in [0, 0.05) is 23.0 Å². The van der Waals surface area contributed by atoms with Crippen LogP contribution in [-0.4, -0.2) is 34.3 Å². The van der Waals surface area contributed by atoms with Gasteiger partial charge in [0.15, 0.2) is 0 Å². The molecule has 1 aromatic heterocycles. The molecule has 2 aromatic carbocycles. The van der Waals surface area contributed by atoms with Crippen molar-refractivity contribution in [3.8, 4) is 0 Å². The maximum absolute atomic E-state index is 12.9. The lowest BCUT2D eigenvalue weighted by atomic mass is 9.86. The SMILES string of the molecule is O=C1NCC(=O)N2[C@H](c3ccc4c(c3)CCC4)c3[nH]c4ccccc4c3C[C@H]12. The molecule has 0 bridgehead atoms. The van der Waals surface area contributed by atoms with Gasteiger partial charge in [-0.15, -0.1) is 0 Å². The van der Waals surface area contributed by atoms with E-state index in [9.17, 15) is 9.59 Å². The van der Waals surface area contributed by atoms with Gasteiger partial charge >= 0.3 is 0 Å². The van der Waals surface area contributed by atoms with Crippen LogP contribution in [0.2, 0.25) is 0 Å². The van der Waals surface area contributed by atoms with Gasteiger partial charge in [0.05, 0.1) is 12.6 Å². The summed E-state index contributed by atoms with van der Waals surface area (Å²) in [7, 11) is 0. The van der Waals surface area contributed by atoms with Crippen molar-refractivity contribution < 1.29 is 9.59 Å². The lowest BCUT2D eigenvalue weighted by Crippen LogP contribution is -2.61. The fourth-order valence-corrected chi connectivity index (χ4v) is 5.28. The van der Waals surface area contributed by atoms with Gasteiger partial charge in [0.25, 0.3) is 0 Å². The smallest absolute Gasteiger partial charge is 0.243 e. The third kappa shape index (κ3) is 2.13. The number of amides is 2. The molecule has 1 saturated heterocycles. The van der Waals surface area contributed by atoms with Crippen LogP contribution in [0.5, 0.6) is 0 Å². The van der Waals surface area contributed by atoms with Gasteiger partial charge < -0.3 is 15.2 Å². The highest BCUT2D eigenvalue weighted by Crippen LogP contribution is 2.42. The van der Waals surface area contributed by atoms with Crippen LogP contribution in [-0.2, 0) is 28.9 Å². The average Bonchev–Trinajstić information content (AvgIpc) is 3.33. The third-order valence-corrected chi connectivity index (χ3v) is 6.57. The standard InChI is InChI=1S/C23H21N3O2/c27-20-12-24-23(28)19-11-17-16-6-1-2-7-18(16)25-21(17)22(26(19)20)15-9-8-13-4-3-5-14(13)10-15/h1-2,6-10,19,22,25H,3-5,11-12H2,(H,24,28)/t19-,22-/m1/s1. The summed E-state index contributed by atoms with van der Waals surface area (Å²) in [6.07, 6.45) is 3.96. The van der Waals surface area contributed by atoms with E-state index < -0.39 is 6.04 Å². The number of aryl methyl sites for hydroxylation is 2. The van der Waals surface area contributed by atoms with Crippen LogP contribution < -0.4 is 5.32 Å². The molecule has 140 valence electrons. The Kier molecular flexibility index (Phi) is 3.25. The van der Waals surface area contributed by atoms with Gasteiger partial charge in [-0.2, -0.15) is 0 Å². The Hall–Kier alpha value is -3.08. The van der Waals surface area contributed by atoms with E-state index >= 15 is 0 Å². The molecule has 2 N–H and O–H groups in total. The number of rotatable bonds is 1. The fraction of sp³-hybridized carbons (Fsp3) is 0.304. The van der Waals surface area contributed by atoms with Crippen molar-refractivity contribution in [2.24, 2.45) is 0 Å². The number of aromatic nitrogens is 1. The quantitative estimate of drug-likeness (QED) is 0.691. The lowest BCUT2D eigenvalue weighted by Gasteiger charge is -2.44. The molecule has 0 spiro atoms. The lowest BCUT2D eigenvalue weighted by molar-refractivity contribution is -0.148. The molecule has 5 nitrogen and oxygen atoms in total. The predicted octanol–water partition coefficient (Wildman–Crippen LogP) is 2.63. The minimum absolute atomic E-state index is 0.0144. The maximum atomic E-state index is 12.9. The third-order valence-electron chi connectivity index (χ3n) is 6.57. The Morgan fingerprint density at radius 2 is 1.86 bits per heavy atom. The van der Waals surface area contributed by atoms with Crippen molar-refractivity contribution in [2.75, 3.05) is 6.54 Å². The van der Waals surface area contributed by atoms with E-state index in [1.54, 1.807) is 0 Å². The largest absolute Gasteiger partial charge is 0.356 e. The summed E-state index contributed by atoms with van der Waals surface area (Å²) in [5.74, 6) is -0.0684. The van der Waals surface area contributed by atoms with Crippen molar-refractivity contribution in [1.82, 2.24) is 15.2 Å². The van der Waals surface area contributed by atoms with Crippen molar-refractivity contribution in [3.05, 3.63) is 70.4 Å². The average molecular weight is 371 g/mol. The van der Waals surface area contributed by atoms with Crippen LogP contribution in [0, 0.1) is 0 Å². The second-order valence-corrected chi connectivity index (χ2v) is 8.09. The van der Waals surface area contributed by atoms with Gasteiger partial charge in [-0.3, -0.25) is 9.59 Å². The molecule has 28 heavy (non-hydrogen) atoms. The second kappa shape index (κ2) is 5.71. The Balaban J connectivity index is 1.60. The van der Waals surface area contributed by atoms with E-state index in [-0.39, 0.29) is 24.4 Å². The maximum Gasteiger partial charge on any atom is 0.243 e. The monoisotopic (exact) mass is 371 g/mol. The van der Waals surface area contributed by atoms with Crippen LogP contribution in [0.1, 0.15) is 40.4 Å². The minimum atomic E-state index is -0.453. The van der Waals surface area contributed by atoms with Crippen LogP contribution in [0.15, 0.2) is 42.5 Å². The molecular weight excluding hydrogens is 350 g/mol. The highest BCUT2D eigenvalue weighted by Gasteiger charge is 2.45. The molecule has 0 saturated carbocycles. The normalized spacial score (nSPS) is 23.4. The molecule has 5 heteroatoms. The van der Waals surface area contributed by atoms with Crippen LogP contribution in [0.4, 0.5) is 0 Å². The van der Waals surface area contributed by atoms with E-state index in [0.717, 1.165) is 40.6 Å². The van der Waals surface area contributed by atoms with Crippen molar-refractivity contribution in [2.45, 2.75) is 37.8 Å². The number of hydrogen-bond acceptors (Lipinski definition) is 2. The highest BCUT2D eigenvalue weighted by atomic mass is 16.2. The first-order chi connectivity index (χ1) is 13.7. The molecule has 6 rings (SSSR count). The number of nitrogens with one attached hydrogen (secondary N) is 2. The van der Waals surface area contributed by atoms with Crippen molar-refractivity contribution in [1.29, 1.82) is 0 Å².